The molecule has 6 heteroatoms. The molecule has 1 aromatic heterocycles. The Morgan fingerprint density at radius 1 is 1.19 bits per heavy atom. The lowest BCUT2D eigenvalue weighted by atomic mass is 10.1. The van der Waals surface area contributed by atoms with Gasteiger partial charge in [0.25, 0.3) is 0 Å². The van der Waals surface area contributed by atoms with Crippen LogP contribution in [0.1, 0.15) is 25.1 Å². The third-order valence-corrected chi connectivity index (χ3v) is 4.94. The van der Waals surface area contributed by atoms with Crippen molar-refractivity contribution in [2.75, 3.05) is 13.1 Å². The minimum atomic E-state index is -0.223. The molecular formula is C20H22N4O2. The molecule has 1 saturated heterocycles. The minimum Gasteiger partial charge on any atom is -0.355 e. The maximum absolute atomic E-state index is 12.3. The quantitative estimate of drug-likeness (QED) is 0.862. The van der Waals surface area contributed by atoms with Crippen molar-refractivity contribution in [3.8, 4) is 11.3 Å². The highest BCUT2D eigenvalue weighted by Gasteiger charge is 2.41. The molecule has 2 fully saturated rings. The molecule has 2 heterocycles. The summed E-state index contributed by atoms with van der Waals surface area (Å²) < 4.78 is 0. The molecule has 1 aliphatic heterocycles. The molecule has 1 aliphatic carbocycles. The van der Waals surface area contributed by atoms with E-state index in [0.29, 0.717) is 37.8 Å². The fourth-order valence-electron chi connectivity index (χ4n) is 3.38. The molecule has 0 spiro atoms. The first-order valence-corrected chi connectivity index (χ1v) is 9.15. The van der Waals surface area contributed by atoms with E-state index in [4.69, 9.17) is 0 Å². The number of carbonyl (C=O) groups excluding carboxylic acids is 2. The first kappa shape index (κ1) is 16.7. The number of amides is 2. The van der Waals surface area contributed by atoms with Gasteiger partial charge in [-0.05, 0) is 18.9 Å². The van der Waals surface area contributed by atoms with E-state index in [9.17, 15) is 9.59 Å². The second-order valence-electron chi connectivity index (χ2n) is 6.94. The van der Waals surface area contributed by atoms with Crippen LogP contribution < -0.4 is 5.32 Å². The van der Waals surface area contributed by atoms with Gasteiger partial charge < -0.3 is 10.2 Å². The van der Waals surface area contributed by atoms with Crippen LogP contribution in [0.15, 0.2) is 42.6 Å². The Morgan fingerprint density at radius 3 is 2.77 bits per heavy atom. The highest BCUT2D eigenvalue weighted by atomic mass is 16.2. The predicted octanol–water partition coefficient (Wildman–Crippen LogP) is 1.81. The molecule has 2 aromatic rings. The molecule has 0 unspecified atom stereocenters. The van der Waals surface area contributed by atoms with Crippen molar-refractivity contribution in [3.05, 3.63) is 48.4 Å². The van der Waals surface area contributed by atoms with Gasteiger partial charge >= 0.3 is 0 Å². The summed E-state index contributed by atoms with van der Waals surface area (Å²) in [5.74, 6) is 0.556. The van der Waals surface area contributed by atoms with E-state index < -0.39 is 0 Å². The zero-order valence-electron chi connectivity index (χ0n) is 14.6. The number of benzene rings is 1. The topological polar surface area (TPSA) is 75.2 Å². The molecule has 1 atom stereocenters. The summed E-state index contributed by atoms with van der Waals surface area (Å²) in [5, 5.41) is 2.93. The summed E-state index contributed by atoms with van der Waals surface area (Å²) in [7, 11) is 0. The SMILES string of the molecule is O=C(NCCc1nccc(-c2ccccc2)n1)[C@@H]1CC(=O)N(C2CC2)C1. The Balaban J connectivity index is 1.29. The van der Waals surface area contributed by atoms with Crippen LogP contribution in [0.25, 0.3) is 11.3 Å². The average molecular weight is 350 g/mol. The van der Waals surface area contributed by atoms with Crippen molar-refractivity contribution < 1.29 is 9.59 Å². The molecule has 2 aliphatic rings. The first-order valence-electron chi connectivity index (χ1n) is 9.15. The Hall–Kier alpha value is -2.76. The molecule has 1 N–H and O–H groups in total. The van der Waals surface area contributed by atoms with Gasteiger partial charge in [-0.1, -0.05) is 30.3 Å². The summed E-state index contributed by atoms with van der Waals surface area (Å²) in [5.41, 5.74) is 1.92. The Labute approximate surface area is 152 Å². The van der Waals surface area contributed by atoms with Crippen LogP contribution in [-0.4, -0.2) is 45.8 Å². The highest BCUT2D eigenvalue weighted by Crippen LogP contribution is 2.32. The Morgan fingerprint density at radius 2 is 2.00 bits per heavy atom. The summed E-state index contributed by atoms with van der Waals surface area (Å²) in [4.78, 5) is 35.0. The molecular weight excluding hydrogens is 328 g/mol. The molecule has 26 heavy (non-hydrogen) atoms. The molecule has 1 aromatic carbocycles. The second kappa shape index (κ2) is 7.23. The van der Waals surface area contributed by atoms with Crippen LogP contribution >= 0.6 is 0 Å². The van der Waals surface area contributed by atoms with Crippen molar-refractivity contribution in [3.63, 3.8) is 0 Å². The van der Waals surface area contributed by atoms with E-state index >= 15 is 0 Å². The van der Waals surface area contributed by atoms with Gasteiger partial charge in [0.2, 0.25) is 11.8 Å². The number of likely N-dealkylation sites (tertiary alicyclic amines) is 1. The minimum absolute atomic E-state index is 0.0410. The zero-order valence-corrected chi connectivity index (χ0v) is 14.6. The van der Waals surface area contributed by atoms with Gasteiger partial charge in [-0.2, -0.15) is 0 Å². The van der Waals surface area contributed by atoms with E-state index in [-0.39, 0.29) is 17.7 Å². The Bertz CT molecular complexity index is 804. The normalized spacial score (nSPS) is 19.6. The average Bonchev–Trinajstić information content (AvgIpc) is 3.44. The van der Waals surface area contributed by atoms with Crippen molar-refractivity contribution in [1.29, 1.82) is 0 Å². The van der Waals surface area contributed by atoms with Gasteiger partial charge in [0, 0.05) is 43.7 Å². The number of hydrogen-bond acceptors (Lipinski definition) is 4. The summed E-state index contributed by atoms with van der Waals surface area (Å²) in [6, 6.07) is 12.2. The van der Waals surface area contributed by atoms with Gasteiger partial charge in [0.05, 0.1) is 11.6 Å². The van der Waals surface area contributed by atoms with Gasteiger partial charge in [-0.3, -0.25) is 9.59 Å². The van der Waals surface area contributed by atoms with Crippen molar-refractivity contribution in [2.45, 2.75) is 31.7 Å². The number of rotatable bonds is 6. The van der Waals surface area contributed by atoms with Gasteiger partial charge in [-0.15, -0.1) is 0 Å². The van der Waals surface area contributed by atoms with Gasteiger partial charge in [-0.25, -0.2) is 9.97 Å². The van der Waals surface area contributed by atoms with Crippen LogP contribution in [0, 0.1) is 5.92 Å². The standard InChI is InChI=1S/C20H22N4O2/c25-19-12-15(13-24(19)16-6-7-16)20(26)22-11-9-18-21-10-8-17(23-18)14-4-2-1-3-5-14/h1-5,8,10,15-16H,6-7,9,11-13H2,(H,22,26)/t15-/m1/s1. The van der Waals surface area contributed by atoms with Crippen LogP contribution in [-0.2, 0) is 16.0 Å². The molecule has 4 rings (SSSR count). The third kappa shape index (κ3) is 3.74. The van der Waals surface area contributed by atoms with Crippen molar-refractivity contribution in [2.24, 2.45) is 5.92 Å². The van der Waals surface area contributed by atoms with Crippen molar-refractivity contribution in [1.82, 2.24) is 20.2 Å². The van der Waals surface area contributed by atoms with Crippen LogP contribution in [0.2, 0.25) is 0 Å². The number of hydrogen-bond donors (Lipinski definition) is 1. The predicted molar refractivity (Wildman–Crippen MR) is 97.0 cm³/mol. The van der Waals surface area contributed by atoms with Crippen LogP contribution in [0.4, 0.5) is 0 Å². The number of nitrogens with zero attached hydrogens (tertiary/aromatic N) is 3. The van der Waals surface area contributed by atoms with Crippen LogP contribution in [0.5, 0.6) is 0 Å². The van der Waals surface area contributed by atoms with Crippen molar-refractivity contribution >= 4 is 11.8 Å². The Kier molecular flexibility index (Phi) is 4.65. The molecule has 2 amide bonds. The summed E-state index contributed by atoms with van der Waals surface area (Å²) >= 11 is 0. The number of aromatic nitrogens is 2. The highest BCUT2D eigenvalue weighted by molar-refractivity contribution is 5.89. The van der Waals surface area contributed by atoms with E-state index in [2.05, 4.69) is 15.3 Å². The largest absolute Gasteiger partial charge is 0.355 e. The number of nitrogens with one attached hydrogen (secondary N) is 1. The third-order valence-electron chi connectivity index (χ3n) is 4.94. The molecule has 6 nitrogen and oxygen atoms in total. The zero-order chi connectivity index (χ0) is 17.9. The lowest BCUT2D eigenvalue weighted by Crippen LogP contribution is -2.34. The van der Waals surface area contributed by atoms with Gasteiger partial charge in [0.1, 0.15) is 5.82 Å². The molecule has 1 saturated carbocycles. The van der Waals surface area contributed by atoms with E-state index in [1.807, 2.05) is 41.3 Å². The lowest BCUT2D eigenvalue weighted by molar-refractivity contribution is -0.129. The van der Waals surface area contributed by atoms with Crippen LogP contribution in [0.3, 0.4) is 0 Å². The first-order chi connectivity index (χ1) is 12.7. The lowest BCUT2D eigenvalue weighted by Gasteiger charge is -2.15. The summed E-state index contributed by atoms with van der Waals surface area (Å²) in [6.45, 7) is 1.04. The number of carbonyl (C=O) groups is 2. The second-order valence-corrected chi connectivity index (χ2v) is 6.94. The molecule has 134 valence electrons. The maximum atomic E-state index is 12.3. The monoisotopic (exact) mass is 350 g/mol. The van der Waals surface area contributed by atoms with Gasteiger partial charge in [0.15, 0.2) is 0 Å². The van der Waals surface area contributed by atoms with E-state index in [1.165, 1.54) is 0 Å². The fraction of sp³-hybridized carbons (Fsp3) is 0.400. The summed E-state index contributed by atoms with van der Waals surface area (Å²) in [6.07, 6.45) is 4.81. The molecule has 0 radical (unpaired) electrons. The smallest absolute Gasteiger partial charge is 0.225 e. The maximum Gasteiger partial charge on any atom is 0.225 e. The molecule has 0 bridgehead atoms. The van der Waals surface area contributed by atoms with E-state index in [1.54, 1.807) is 6.20 Å². The van der Waals surface area contributed by atoms with E-state index in [0.717, 1.165) is 24.1 Å². The fourth-order valence-corrected chi connectivity index (χ4v) is 3.38.